The largest absolute Gasteiger partial charge is 0.489 e. The second-order valence-electron chi connectivity index (χ2n) is 7.87. The van der Waals surface area contributed by atoms with E-state index < -0.39 is 0 Å². The fraction of sp³-hybridized carbons (Fsp3) is 0.185. The molecule has 0 spiro atoms. The molecule has 3 aromatic carbocycles. The van der Waals surface area contributed by atoms with Crippen LogP contribution >= 0.6 is 11.6 Å². The molecule has 1 unspecified atom stereocenters. The lowest BCUT2D eigenvalue weighted by molar-refractivity contribution is -0.120. The number of carbonyl (C=O) groups is 1. The van der Waals surface area contributed by atoms with Gasteiger partial charge in [-0.3, -0.25) is 4.79 Å². The predicted molar refractivity (Wildman–Crippen MR) is 128 cm³/mol. The number of carbonyl (C=O) groups excluding carboxylic acids is 1. The number of hydrogen-bond donors (Lipinski definition) is 1. The van der Waals surface area contributed by atoms with E-state index in [1.54, 1.807) is 0 Å². The Kier molecular flexibility index (Phi) is 7.10. The zero-order valence-corrected chi connectivity index (χ0v) is 19.3. The first-order valence-corrected chi connectivity index (χ1v) is 11.1. The van der Waals surface area contributed by atoms with Crippen molar-refractivity contribution in [1.82, 2.24) is 10.5 Å². The van der Waals surface area contributed by atoms with Crippen molar-refractivity contribution in [3.63, 3.8) is 0 Å². The quantitative estimate of drug-likeness (QED) is 0.351. The molecule has 1 aromatic heterocycles. The zero-order chi connectivity index (χ0) is 23.2. The summed E-state index contributed by atoms with van der Waals surface area (Å²) < 4.78 is 11.0. The third-order valence-corrected chi connectivity index (χ3v) is 5.75. The van der Waals surface area contributed by atoms with Gasteiger partial charge in [0.1, 0.15) is 18.1 Å². The number of aromatic nitrogens is 1. The number of ether oxygens (including phenoxy) is 1. The van der Waals surface area contributed by atoms with E-state index in [1.807, 2.05) is 92.7 Å². The lowest BCUT2D eigenvalue weighted by Crippen LogP contribution is -2.30. The topological polar surface area (TPSA) is 64.4 Å². The van der Waals surface area contributed by atoms with E-state index in [0.717, 1.165) is 39.5 Å². The number of nitrogens with one attached hydrogen (secondary N) is 1. The molecule has 1 amide bonds. The molecule has 4 rings (SSSR count). The van der Waals surface area contributed by atoms with Crippen molar-refractivity contribution in [2.75, 3.05) is 0 Å². The number of aryl methyl sites for hydroxylation is 2. The lowest BCUT2D eigenvalue weighted by Gasteiger charge is -2.20. The molecule has 0 aliphatic heterocycles. The van der Waals surface area contributed by atoms with Crippen molar-refractivity contribution < 1.29 is 14.1 Å². The second-order valence-corrected chi connectivity index (χ2v) is 8.31. The van der Waals surface area contributed by atoms with Crippen LogP contribution in [0.3, 0.4) is 0 Å². The molecular weight excluding hydrogens is 436 g/mol. The summed E-state index contributed by atoms with van der Waals surface area (Å²) >= 11 is 6.05. The van der Waals surface area contributed by atoms with E-state index in [0.29, 0.717) is 11.6 Å². The van der Waals surface area contributed by atoms with Gasteiger partial charge in [-0.2, -0.15) is 0 Å². The second kappa shape index (κ2) is 10.4. The van der Waals surface area contributed by atoms with Crippen molar-refractivity contribution in [1.29, 1.82) is 0 Å². The van der Waals surface area contributed by atoms with Crippen LogP contribution in [0, 0.1) is 13.8 Å². The van der Waals surface area contributed by atoms with Crippen molar-refractivity contribution in [3.05, 3.63) is 118 Å². The van der Waals surface area contributed by atoms with Crippen LogP contribution in [0.25, 0.3) is 0 Å². The smallest absolute Gasteiger partial charge is 0.225 e. The van der Waals surface area contributed by atoms with Gasteiger partial charge in [-0.05, 0) is 54.8 Å². The third-order valence-electron chi connectivity index (χ3n) is 5.49. The van der Waals surface area contributed by atoms with E-state index in [1.165, 1.54) is 0 Å². The van der Waals surface area contributed by atoms with Crippen molar-refractivity contribution in [2.24, 2.45) is 0 Å². The Morgan fingerprint density at radius 1 is 0.970 bits per heavy atom. The molecule has 0 bridgehead atoms. The molecule has 168 valence electrons. The summed E-state index contributed by atoms with van der Waals surface area (Å²) in [5.41, 5.74) is 4.67. The molecule has 0 aliphatic rings. The standard InChI is InChI=1S/C27H25ClN2O3/c1-18-25(19(2)33-30-18)17-32-24-14-8-20(9-15-24)16-26(31)29-27(21-6-4-3-5-7-21)22-10-12-23(28)13-11-22/h3-15,27H,16-17H2,1-2H3,(H,29,31). The van der Waals surface area contributed by atoms with E-state index in [-0.39, 0.29) is 18.4 Å². The average molecular weight is 461 g/mol. The minimum absolute atomic E-state index is 0.0665. The molecule has 0 aliphatic carbocycles. The fourth-order valence-corrected chi connectivity index (χ4v) is 3.75. The summed E-state index contributed by atoms with van der Waals surface area (Å²) in [5.74, 6) is 1.42. The molecule has 1 N–H and O–H groups in total. The van der Waals surface area contributed by atoms with Crippen LogP contribution in [-0.2, 0) is 17.8 Å². The average Bonchev–Trinajstić information content (AvgIpc) is 3.15. The van der Waals surface area contributed by atoms with Gasteiger partial charge in [0.15, 0.2) is 0 Å². The van der Waals surface area contributed by atoms with Crippen molar-refractivity contribution in [3.8, 4) is 5.75 Å². The van der Waals surface area contributed by atoms with Gasteiger partial charge < -0.3 is 14.6 Å². The molecule has 33 heavy (non-hydrogen) atoms. The monoisotopic (exact) mass is 460 g/mol. The molecule has 1 atom stereocenters. The minimum atomic E-state index is -0.256. The number of hydrogen-bond acceptors (Lipinski definition) is 4. The Morgan fingerprint density at radius 3 is 2.27 bits per heavy atom. The first kappa shape index (κ1) is 22.6. The Hall–Kier alpha value is -3.57. The first-order valence-electron chi connectivity index (χ1n) is 10.7. The summed E-state index contributed by atoms with van der Waals surface area (Å²) in [6.07, 6.45) is 0.265. The van der Waals surface area contributed by atoms with Crippen LogP contribution in [0.15, 0.2) is 83.4 Å². The first-order chi connectivity index (χ1) is 16.0. The van der Waals surface area contributed by atoms with Gasteiger partial charge in [-0.15, -0.1) is 0 Å². The number of nitrogens with zero attached hydrogens (tertiary/aromatic N) is 1. The van der Waals surface area contributed by atoms with E-state index in [9.17, 15) is 4.79 Å². The Balaban J connectivity index is 1.40. The summed E-state index contributed by atoms with van der Waals surface area (Å²) in [7, 11) is 0. The molecule has 0 radical (unpaired) electrons. The summed E-state index contributed by atoms with van der Waals surface area (Å²) in [6.45, 7) is 4.15. The summed E-state index contributed by atoms with van der Waals surface area (Å²) in [4.78, 5) is 12.9. The molecule has 0 saturated heterocycles. The Bertz CT molecular complexity index is 1180. The molecule has 1 heterocycles. The van der Waals surface area contributed by atoms with Gasteiger partial charge in [0.25, 0.3) is 0 Å². The van der Waals surface area contributed by atoms with Crippen LogP contribution in [0.2, 0.25) is 5.02 Å². The highest BCUT2D eigenvalue weighted by molar-refractivity contribution is 6.30. The van der Waals surface area contributed by atoms with Gasteiger partial charge in [-0.25, -0.2) is 0 Å². The SMILES string of the molecule is Cc1noc(C)c1COc1ccc(CC(=O)NC(c2ccccc2)c2ccc(Cl)cc2)cc1. The maximum Gasteiger partial charge on any atom is 0.225 e. The van der Waals surface area contributed by atoms with Crippen molar-refractivity contribution in [2.45, 2.75) is 32.9 Å². The van der Waals surface area contributed by atoms with Gasteiger partial charge in [-0.1, -0.05) is 71.4 Å². The predicted octanol–water partition coefficient (Wildman–Crippen LogP) is 5.97. The normalized spacial score (nSPS) is 11.7. The summed E-state index contributed by atoms with van der Waals surface area (Å²) in [5, 5.41) is 7.76. The highest BCUT2D eigenvalue weighted by Gasteiger charge is 2.17. The van der Waals surface area contributed by atoms with Gasteiger partial charge >= 0.3 is 0 Å². The molecule has 0 fully saturated rings. The highest BCUT2D eigenvalue weighted by Crippen LogP contribution is 2.24. The Morgan fingerprint density at radius 2 is 1.64 bits per heavy atom. The molecule has 4 aromatic rings. The molecule has 5 nitrogen and oxygen atoms in total. The van der Waals surface area contributed by atoms with Crippen LogP contribution in [0.5, 0.6) is 5.75 Å². The maximum atomic E-state index is 12.9. The fourth-order valence-electron chi connectivity index (χ4n) is 3.62. The van der Waals surface area contributed by atoms with Crippen LogP contribution < -0.4 is 10.1 Å². The summed E-state index contributed by atoms with van der Waals surface area (Å²) in [6, 6.07) is 24.7. The minimum Gasteiger partial charge on any atom is -0.489 e. The Labute approximate surface area is 198 Å². The van der Waals surface area contributed by atoms with Crippen molar-refractivity contribution >= 4 is 17.5 Å². The number of halogens is 1. The molecule has 6 heteroatoms. The van der Waals surface area contributed by atoms with E-state index in [2.05, 4.69) is 10.5 Å². The van der Waals surface area contributed by atoms with Crippen LogP contribution in [0.1, 0.15) is 39.7 Å². The third kappa shape index (κ3) is 5.82. The lowest BCUT2D eigenvalue weighted by atomic mass is 9.98. The van der Waals surface area contributed by atoms with Crippen LogP contribution in [-0.4, -0.2) is 11.1 Å². The maximum absolute atomic E-state index is 12.9. The molecular formula is C27H25ClN2O3. The van der Waals surface area contributed by atoms with Crippen LogP contribution in [0.4, 0.5) is 0 Å². The van der Waals surface area contributed by atoms with Gasteiger partial charge in [0.2, 0.25) is 5.91 Å². The van der Waals surface area contributed by atoms with Gasteiger partial charge in [0.05, 0.1) is 23.7 Å². The van der Waals surface area contributed by atoms with E-state index in [4.69, 9.17) is 20.9 Å². The number of benzene rings is 3. The zero-order valence-electron chi connectivity index (χ0n) is 18.5. The number of amides is 1. The molecule has 0 saturated carbocycles. The number of rotatable bonds is 8. The van der Waals surface area contributed by atoms with E-state index >= 15 is 0 Å². The highest BCUT2D eigenvalue weighted by atomic mass is 35.5. The van der Waals surface area contributed by atoms with Gasteiger partial charge in [0, 0.05) is 5.02 Å².